The van der Waals surface area contributed by atoms with Crippen molar-refractivity contribution in [3.63, 3.8) is 0 Å². The van der Waals surface area contributed by atoms with E-state index >= 15 is 0 Å². The third-order valence-electron chi connectivity index (χ3n) is 2.31. The Morgan fingerprint density at radius 1 is 1.28 bits per heavy atom. The second kappa shape index (κ2) is 6.16. The van der Waals surface area contributed by atoms with Gasteiger partial charge in [0.1, 0.15) is 23.5 Å². The molecule has 1 atom stereocenters. The van der Waals surface area contributed by atoms with Crippen molar-refractivity contribution < 1.29 is 0 Å². The van der Waals surface area contributed by atoms with Gasteiger partial charge in [-0.05, 0) is 24.6 Å². The van der Waals surface area contributed by atoms with E-state index in [1.165, 1.54) is 0 Å². The van der Waals surface area contributed by atoms with Gasteiger partial charge in [-0.15, -0.1) is 0 Å². The Bertz CT molecular complexity index is 566. The number of nitrogens with two attached hydrogens (primary N) is 1. The molecule has 0 heterocycles. The Morgan fingerprint density at radius 3 is 2.44 bits per heavy atom. The van der Waals surface area contributed by atoms with E-state index < -0.39 is 0 Å². The molecule has 0 saturated heterocycles. The van der Waals surface area contributed by atoms with Gasteiger partial charge >= 0.3 is 0 Å². The molecule has 1 aromatic rings. The second-order valence-electron chi connectivity index (χ2n) is 3.55. The second-order valence-corrected chi connectivity index (χ2v) is 4.37. The molecule has 0 aliphatic heterocycles. The van der Waals surface area contributed by atoms with Crippen molar-refractivity contribution in [2.24, 2.45) is 5.73 Å². The molecule has 0 fully saturated rings. The highest BCUT2D eigenvalue weighted by Gasteiger charge is 2.11. The van der Waals surface area contributed by atoms with Crippen LogP contribution in [0.5, 0.6) is 0 Å². The van der Waals surface area contributed by atoms with E-state index in [0.717, 1.165) is 5.56 Å². The molecule has 0 aliphatic carbocycles. The van der Waals surface area contributed by atoms with Gasteiger partial charge in [-0.3, -0.25) is 0 Å². The minimum absolute atomic E-state index is 0.0380. The summed E-state index contributed by atoms with van der Waals surface area (Å²) in [6, 6.07) is 8.48. The zero-order valence-corrected chi connectivity index (χ0v) is 11.0. The first kappa shape index (κ1) is 14.2. The molecule has 1 rings (SSSR count). The maximum absolute atomic E-state index is 8.87. The minimum atomic E-state index is -0.221. The van der Waals surface area contributed by atoms with Crippen LogP contribution in [0.1, 0.15) is 18.5 Å². The number of nitriles is 2. The zero-order valence-electron chi connectivity index (χ0n) is 9.54. The van der Waals surface area contributed by atoms with Crippen molar-refractivity contribution in [1.29, 1.82) is 10.5 Å². The van der Waals surface area contributed by atoms with Gasteiger partial charge in [-0.25, -0.2) is 0 Å². The summed E-state index contributed by atoms with van der Waals surface area (Å²) in [6.07, 6.45) is 0. The molecule has 0 saturated carbocycles. The summed E-state index contributed by atoms with van der Waals surface area (Å²) < 4.78 is 0. The third kappa shape index (κ3) is 3.30. The molecule has 1 unspecified atom stereocenters. The fourth-order valence-corrected chi connectivity index (χ4v) is 1.61. The molecule has 18 heavy (non-hydrogen) atoms. The quantitative estimate of drug-likeness (QED) is 0.834. The molecule has 4 nitrogen and oxygen atoms in total. The van der Waals surface area contributed by atoms with Gasteiger partial charge in [-0.1, -0.05) is 29.3 Å². The van der Waals surface area contributed by atoms with Crippen LogP contribution >= 0.6 is 23.2 Å². The number of rotatable bonds is 3. The smallest absolute Gasteiger partial charge is 0.148 e. The summed E-state index contributed by atoms with van der Waals surface area (Å²) in [7, 11) is 0. The number of hydrogen-bond donors (Lipinski definition) is 2. The van der Waals surface area contributed by atoms with E-state index in [-0.39, 0.29) is 17.4 Å². The molecular weight excluding hydrogens is 271 g/mol. The summed E-state index contributed by atoms with van der Waals surface area (Å²) >= 11 is 11.7. The van der Waals surface area contributed by atoms with E-state index in [1.54, 1.807) is 24.3 Å². The molecule has 6 heteroatoms. The number of nitrogens with zero attached hydrogens (tertiary/aromatic N) is 2. The number of benzene rings is 1. The standard InChI is InChI=1S/C12H10Cl2N4/c1-7(18-12(6-16)11(17)5-15)8-2-3-9(13)10(14)4-8/h2-4,7,18H,17H2,1H3/b12-11-. The average Bonchev–Trinajstić information content (AvgIpc) is 2.37. The summed E-state index contributed by atoms with van der Waals surface area (Å²) in [5.74, 6) is 0. The van der Waals surface area contributed by atoms with Gasteiger partial charge < -0.3 is 11.1 Å². The maximum Gasteiger partial charge on any atom is 0.148 e. The first-order chi connectivity index (χ1) is 8.49. The Morgan fingerprint density at radius 2 is 1.94 bits per heavy atom. The molecule has 0 spiro atoms. The highest BCUT2D eigenvalue weighted by atomic mass is 35.5. The highest BCUT2D eigenvalue weighted by Crippen LogP contribution is 2.25. The molecule has 0 radical (unpaired) electrons. The van der Waals surface area contributed by atoms with Crippen molar-refractivity contribution >= 4 is 23.2 Å². The van der Waals surface area contributed by atoms with Gasteiger partial charge in [0, 0.05) is 6.04 Å². The minimum Gasteiger partial charge on any atom is -0.388 e. The number of allylic oxidation sites excluding steroid dienone is 2. The Labute approximate surface area is 115 Å². The summed E-state index contributed by atoms with van der Waals surface area (Å²) in [5, 5.41) is 21.2. The third-order valence-corrected chi connectivity index (χ3v) is 3.05. The fraction of sp³-hybridized carbons (Fsp3) is 0.167. The molecule has 0 bridgehead atoms. The predicted octanol–water partition coefficient (Wildman–Crippen LogP) is 2.86. The van der Waals surface area contributed by atoms with Gasteiger partial charge in [0.05, 0.1) is 10.0 Å². The monoisotopic (exact) mass is 280 g/mol. The van der Waals surface area contributed by atoms with E-state index in [4.69, 9.17) is 39.5 Å². The topological polar surface area (TPSA) is 85.6 Å². The van der Waals surface area contributed by atoms with Crippen LogP contribution in [0.3, 0.4) is 0 Å². The lowest BCUT2D eigenvalue weighted by atomic mass is 10.1. The lowest BCUT2D eigenvalue weighted by Gasteiger charge is -2.15. The van der Waals surface area contributed by atoms with Crippen LogP contribution in [-0.4, -0.2) is 0 Å². The number of halogens is 2. The fourth-order valence-electron chi connectivity index (χ4n) is 1.31. The van der Waals surface area contributed by atoms with E-state index in [2.05, 4.69) is 5.32 Å². The first-order valence-electron chi connectivity index (χ1n) is 5.01. The van der Waals surface area contributed by atoms with Gasteiger partial charge in [0.15, 0.2) is 0 Å². The summed E-state index contributed by atoms with van der Waals surface area (Å²) in [6.45, 7) is 1.82. The van der Waals surface area contributed by atoms with Crippen molar-refractivity contribution in [2.75, 3.05) is 0 Å². The molecule has 3 N–H and O–H groups in total. The molecule has 1 aromatic carbocycles. The first-order valence-corrected chi connectivity index (χ1v) is 5.76. The zero-order chi connectivity index (χ0) is 13.7. The number of nitrogens with one attached hydrogen (secondary N) is 1. The van der Waals surface area contributed by atoms with Crippen molar-refractivity contribution in [2.45, 2.75) is 13.0 Å². The Hall–Kier alpha value is -1.88. The molecule has 92 valence electrons. The lowest BCUT2D eigenvalue weighted by Crippen LogP contribution is -2.20. The van der Waals surface area contributed by atoms with Crippen LogP contribution in [0.2, 0.25) is 10.0 Å². The number of hydrogen-bond acceptors (Lipinski definition) is 4. The Balaban J connectivity index is 2.96. The van der Waals surface area contributed by atoms with Crippen LogP contribution in [0, 0.1) is 22.7 Å². The highest BCUT2D eigenvalue weighted by molar-refractivity contribution is 6.42. The van der Waals surface area contributed by atoms with Gasteiger partial charge in [-0.2, -0.15) is 10.5 Å². The van der Waals surface area contributed by atoms with E-state index in [1.807, 2.05) is 13.0 Å². The maximum atomic E-state index is 8.87. The molecule has 0 amide bonds. The van der Waals surface area contributed by atoms with E-state index in [0.29, 0.717) is 10.0 Å². The normalized spacial score (nSPS) is 12.9. The Kier molecular flexibility index (Phi) is 4.85. The molecule has 0 aromatic heterocycles. The summed E-state index contributed by atoms with van der Waals surface area (Å²) in [4.78, 5) is 0. The average molecular weight is 281 g/mol. The van der Waals surface area contributed by atoms with E-state index in [9.17, 15) is 0 Å². The van der Waals surface area contributed by atoms with Crippen LogP contribution in [0.4, 0.5) is 0 Å². The SMILES string of the molecule is CC(N/C(C#N)=C(\N)C#N)c1ccc(Cl)c(Cl)c1. The summed E-state index contributed by atoms with van der Waals surface area (Å²) in [5.41, 5.74) is 6.12. The van der Waals surface area contributed by atoms with Crippen molar-refractivity contribution in [3.05, 3.63) is 45.2 Å². The van der Waals surface area contributed by atoms with Crippen LogP contribution in [0.25, 0.3) is 0 Å². The van der Waals surface area contributed by atoms with Crippen molar-refractivity contribution in [1.82, 2.24) is 5.32 Å². The van der Waals surface area contributed by atoms with Crippen LogP contribution < -0.4 is 11.1 Å². The van der Waals surface area contributed by atoms with Crippen LogP contribution in [-0.2, 0) is 0 Å². The lowest BCUT2D eigenvalue weighted by molar-refractivity contribution is 0.663. The largest absolute Gasteiger partial charge is 0.388 e. The molecular formula is C12H10Cl2N4. The van der Waals surface area contributed by atoms with Crippen LogP contribution in [0.15, 0.2) is 29.6 Å². The predicted molar refractivity (Wildman–Crippen MR) is 70.5 cm³/mol. The van der Waals surface area contributed by atoms with Gasteiger partial charge in [0.2, 0.25) is 0 Å². The van der Waals surface area contributed by atoms with Gasteiger partial charge in [0.25, 0.3) is 0 Å². The molecule has 0 aliphatic rings. The van der Waals surface area contributed by atoms with Crippen molar-refractivity contribution in [3.8, 4) is 12.1 Å².